The van der Waals surface area contributed by atoms with Crippen molar-refractivity contribution in [1.29, 1.82) is 0 Å². The average molecular weight is 338 g/mol. The first kappa shape index (κ1) is 18.2. The lowest BCUT2D eigenvalue weighted by Crippen LogP contribution is -2.51. The highest BCUT2D eigenvalue weighted by Gasteiger charge is 2.48. The van der Waals surface area contributed by atoms with Crippen molar-refractivity contribution in [3.8, 4) is 0 Å². The fourth-order valence-electron chi connectivity index (χ4n) is 4.90. The summed E-state index contributed by atoms with van der Waals surface area (Å²) in [6.07, 6.45) is 9.91. The summed E-state index contributed by atoms with van der Waals surface area (Å²) in [6, 6.07) is 0. The number of amides is 1. The number of hydrogen-bond donors (Lipinski definition) is 1. The molecular weight excluding hydrogens is 304 g/mol. The van der Waals surface area contributed by atoms with Crippen molar-refractivity contribution in [1.82, 2.24) is 9.80 Å². The smallest absolute Gasteiger partial charge is 0.230 e. The molecule has 2 heterocycles. The van der Waals surface area contributed by atoms with Crippen LogP contribution in [0.5, 0.6) is 0 Å². The molecule has 5 heteroatoms. The molecule has 1 aliphatic carbocycles. The van der Waals surface area contributed by atoms with Crippen molar-refractivity contribution in [3.63, 3.8) is 0 Å². The van der Waals surface area contributed by atoms with Crippen LogP contribution in [-0.4, -0.2) is 73.4 Å². The third-order valence-electron chi connectivity index (χ3n) is 6.25. The van der Waals surface area contributed by atoms with E-state index >= 15 is 0 Å². The highest BCUT2D eigenvalue weighted by atomic mass is 16.5. The maximum atomic E-state index is 13.2. The van der Waals surface area contributed by atoms with Gasteiger partial charge in [0.05, 0.1) is 25.2 Å². The summed E-state index contributed by atoms with van der Waals surface area (Å²) in [6.45, 7) is 5.89. The second-order valence-corrected chi connectivity index (χ2v) is 8.00. The molecule has 1 atom stereocenters. The van der Waals surface area contributed by atoms with Crippen molar-refractivity contribution >= 4 is 5.91 Å². The Bertz CT molecular complexity index is 411. The number of likely N-dealkylation sites (tertiary alicyclic amines) is 2. The van der Waals surface area contributed by atoms with Crippen LogP contribution in [0.1, 0.15) is 51.4 Å². The average Bonchev–Trinajstić information content (AvgIpc) is 3.01. The molecular formula is C19H34N2O3. The van der Waals surface area contributed by atoms with Crippen LogP contribution in [0.25, 0.3) is 0 Å². The number of aliphatic hydroxyl groups excluding tert-OH is 1. The molecule has 1 amide bonds. The van der Waals surface area contributed by atoms with Gasteiger partial charge in [-0.15, -0.1) is 0 Å². The Labute approximate surface area is 146 Å². The quantitative estimate of drug-likeness (QED) is 0.720. The van der Waals surface area contributed by atoms with E-state index in [-0.39, 0.29) is 12.0 Å². The third-order valence-corrected chi connectivity index (χ3v) is 6.25. The molecule has 1 unspecified atom stereocenters. The number of nitrogens with zero attached hydrogens (tertiary/aromatic N) is 2. The van der Waals surface area contributed by atoms with E-state index in [9.17, 15) is 4.79 Å². The van der Waals surface area contributed by atoms with Crippen molar-refractivity contribution in [2.45, 2.75) is 51.4 Å². The standard InChI is InChI=1S/C19H34N2O3/c22-12-14-24-13-11-20-10-8-19(16-20)7-4-9-21(18(19)23)15-17-5-2-1-3-6-17/h17,22H,1-16H2. The lowest BCUT2D eigenvalue weighted by molar-refractivity contribution is -0.146. The van der Waals surface area contributed by atoms with Crippen LogP contribution < -0.4 is 0 Å². The van der Waals surface area contributed by atoms with E-state index in [4.69, 9.17) is 9.84 Å². The van der Waals surface area contributed by atoms with Gasteiger partial charge in [-0.1, -0.05) is 19.3 Å². The molecule has 0 aromatic rings. The Kier molecular flexibility index (Phi) is 6.53. The fourth-order valence-corrected chi connectivity index (χ4v) is 4.90. The van der Waals surface area contributed by atoms with E-state index in [0.717, 1.165) is 57.9 Å². The van der Waals surface area contributed by atoms with Crippen LogP contribution in [0.4, 0.5) is 0 Å². The molecule has 1 N–H and O–H groups in total. The number of carbonyl (C=O) groups is 1. The minimum atomic E-state index is -0.121. The van der Waals surface area contributed by atoms with Crippen LogP contribution >= 0.6 is 0 Å². The number of rotatable bonds is 7. The summed E-state index contributed by atoms with van der Waals surface area (Å²) >= 11 is 0. The Morgan fingerprint density at radius 2 is 1.92 bits per heavy atom. The topological polar surface area (TPSA) is 53.0 Å². The maximum Gasteiger partial charge on any atom is 0.230 e. The summed E-state index contributed by atoms with van der Waals surface area (Å²) in [7, 11) is 0. The van der Waals surface area contributed by atoms with E-state index in [1.54, 1.807) is 0 Å². The Hall–Kier alpha value is -0.650. The summed E-state index contributed by atoms with van der Waals surface area (Å²) in [5, 5.41) is 8.77. The van der Waals surface area contributed by atoms with Gasteiger partial charge in [-0.05, 0) is 44.6 Å². The third kappa shape index (κ3) is 4.30. The van der Waals surface area contributed by atoms with Gasteiger partial charge in [0.2, 0.25) is 5.91 Å². The van der Waals surface area contributed by atoms with Crippen molar-refractivity contribution in [3.05, 3.63) is 0 Å². The lowest BCUT2D eigenvalue weighted by Gasteiger charge is -2.41. The zero-order valence-corrected chi connectivity index (χ0v) is 15.0. The number of aliphatic hydroxyl groups is 1. The zero-order chi connectivity index (χ0) is 16.8. The molecule has 1 saturated carbocycles. The highest BCUT2D eigenvalue weighted by molar-refractivity contribution is 5.84. The predicted octanol–water partition coefficient (Wildman–Crippen LogP) is 1.89. The minimum Gasteiger partial charge on any atom is -0.394 e. The van der Waals surface area contributed by atoms with Crippen LogP contribution in [-0.2, 0) is 9.53 Å². The van der Waals surface area contributed by atoms with Gasteiger partial charge in [0.1, 0.15) is 0 Å². The zero-order valence-electron chi connectivity index (χ0n) is 15.0. The highest BCUT2D eigenvalue weighted by Crippen LogP contribution is 2.40. The first-order chi connectivity index (χ1) is 11.7. The van der Waals surface area contributed by atoms with Crippen molar-refractivity contribution < 1.29 is 14.6 Å². The summed E-state index contributed by atoms with van der Waals surface area (Å²) < 4.78 is 5.38. The molecule has 2 saturated heterocycles. The van der Waals surface area contributed by atoms with Gasteiger partial charge in [0.15, 0.2) is 0 Å². The second kappa shape index (κ2) is 8.63. The number of ether oxygens (including phenoxy) is 1. The van der Waals surface area contributed by atoms with Crippen molar-refractivity contribution in [2.75, 3.05) is 52.5 Å². The maximum absolute atomic E-state index is 13.2. The van der Waals surface area contributed by atoms with Gasteiger partial charge in [-0.3, -0.25) is 9.69 Å². The summed E-state index contributed by atoms with van der Waals surface area (Å²) in [5.41, 5.74) is -0.121. The molecule has 2 aliphatic heterocycles. The largest absolute Gasteiger partial charge is 0.394 e. The van der Waals surface area contributed by atoms with Gasteiger partial charge in [-0.2, -0.15) is 0 Å². The van der Waals surface area contributed by atoms with Crippen molar-refractivity contribution in [2.24, 2.45) is 11.3 Å². The van der Waals surface area contributed by atoms with E-state index in [0.29, 0.717) is 19.1 Å². The van der Waals surface area contributed by atoms with Gasteiger partial charge < -0.3 is 14.7 Å². The minimum absolute atomic E-state index is 0.0819. The molecule has 0 bridgehead atoms. The second-order valence-electron chi connectivity index (χ2n) is 8.00. The Morgan fingerprint density at radius 3 is 2.71 bits per heavy atom. The molecule has 1 spiro atoms. The van der Waals surface area contributed by atoms with Gasteiger partial charge in [-0.25, -0.2) is 0 Å². The Balaban J connectivity index is 1.50. The van der Waals surface area contributed by atoms with Crippen LogP contribution in [0.15, 0.2) is 0 Å². The van der Waals surface area contributed by atoms with E-state index in [2.05, 4.69) is 9.80 Å². The van der Waals surface area contributed by atoms with Crippen LogP contribution in [0.2, 0.25) is 0 Å². The number of hydrogen-bond acceptors (Lipinski definition) is 4. The predicted molar refractivity (Wildman–Crippen MR) is 93.8 cm³/mol. The fraction of sp³-hybridized carbons (Fsp3) is 0.947. The first-order valence-corrected chi connectivity index (χ1v) is 9.94. The Morgan fingerprint density at radius 1 is 1.08 bits per heavy atom. The van der Waals surface area contributed by atoms with Gasteiger partial charge in [0, 0.05) is 26.2 Å². The molecule has 5 nitrogen and oxygen atoms in total. The normalized spacial score (nSPS) is 29.7. The molecule has 24 heavy (non-hydrogen) atoms. The summed E-state index contributed by atoms with van der Waals surface area (Å²) in [4.78, 5) is 17.8. The molecule has 0 aromatic heterocycles. The molecule has 0 radical (unpaired) electrons. The molecule has 3 aliphatic rings. The van der Waals surface area contributed by atoms with E-state index in [1.165, 1.54) is 32.1 Å². The van der Waals surface area contributed by atoms with E-state index < -0.39 is 0 Å². The lowest BCUT2D eigenvalue weighted by atomic mass is 9.77. The SMILES string of the molecule is O=C1N(CC2CCCCC2)CCCC12CCN(CCOCCO)C2. The van der Waals surface area contributed by atoms with Gasteiger partial charge >= 0.3 is 0 Å². The van der Waals surface area contributed by atoms with Gasteiger partial charge in [0.25, 0.3) is 0 Å². The van der Waals surface area contributed by atoms with E-state index in [1.807, 2.05) is 0 Å². The number of carbonyl (C=O) groups excluding carboxylic acids is 1. The van der Waals surface area contributed by atoms with Crippen LogP contribution in [0.3, 0.4) is 0 Å². The monoisotopic (exact) mass is 338 g/mol. The molecule has 0 aromatic carbocycles. The van der Waals surface area contributed by atoms with Crippen LogP contribution in [0, 0.1) is 11.3 Å². The number of piperidine rings is 1. The molecule has 138 valence electrons. The molecule has 3 rings (SSSR count). The first-order valence-electron chi connectivity index (χ1n) is 9.94. The molecule has 3 fully saturated rings. The summed E-state index contributed by atoms with van der Waals surface area (Å²) in [5.74, 6) is 1.17.